The molecule has 1 rings (SSSR count). The van der Waals surface area contributed by atoms with Crippen molar-refractivity contribution in [2.24, 2.45) is 5.92 Å². The molecule has 1 saturated heterocycles. The van der Waals surface area contributed by atoms with Crippen LogP contribution in [0.15, 0.2) is 0 Å². The van der Waals surface area contributed by atoms with Crippen molar-refractivity contribution in [3.63, 3.8) is 0 Å². The smallest absolute Gasteiger partial charge is 0.237 e. The first-order valence-corrected chi connectivity index (χ1v) is 8.72. The Morgan fingerprint density at radius 1 is 1.14 bits per heavy atom. The molecule has 2 N–H and O–H groups in total. The van der Waals surface area contributed by atoms with Crippen molar-refractivity contribution in [2.75, 3.05) is 46.0 Å². The van der Waals surface area contributed by atoms with Crippen LogP contribution in [-0.2, 0) is 24.4 Å². The third-order valence-corrected chi connectivity index (χ3v) is 4.09. The lowest BCUT2D eigenvalue weighted by atomic mass is 10.1. The Balaban J connectivity index is 2.80. The number of carbonyl (C=O) groups is 3. The molecule has 1 atom stereocenters. The lowest BCUT2D eigenvalue weighted by molar-refractivity contribution is -0.132. The number of nitrogens with zero attached hydrogens (tertiary/aromatic N) is 2. The molecule has 0 aromatic rings. The second-order valence-corrected chi connectivity index (χ2v) is 7.04. The van der Waals surface area contributed by atoms with Gasteiger partial charge in [0.1, 0.15) is 0 Å². The van der Waals surface area contributed by atoms with E-state index in [1.165, 1.54) is 23.8 Å². The van der Waals surface area contributed by atoms with E-state index < -0.39 is 21.8 Å². The van der Waals surface area contributed by atoms with Crippen molar-refractivity contribution in [2.45, 2.75) is 6.92 Å². The molecular formula is C12H22N4O5S. The van der Waals surface area contributed by atoms with Crippen LogP contribution < -0.4 is 10.0 Å². The monoisotopic (exact) mass is 334 g/mol. The molecule has 9 nitrogen and oxygen atoms in total. The van der Waals surface area contributed by atoms with Crippen molar-refractivity contribution in [3.8, 4) is 0 Å². The van der Waals surface area contributed by atoms with Crippen LogP contribution in [0.4, 0.5) is 0 Å². The number of sulfonamides is 1. The summed E-state index contributed by atoms with van der Waals surface area (Å²) >= 11 is 0. The van der Waals surface area contributed by atoms with Crippen LogP contribution >= 0.6 is 0 Å². The molecule has 0 radical (unpaired) electrons. The zero-order chi connectivity index (χ0) is 16.9. The van der Waals surface area contributed by atoms with Crippen LogP contribution in [-0.4, -0.2) is 82.0 Å². The summed E-state index contributed by atoms with van der Waals surface area (Å²) in [5.74, 6) is -1.40. The van der Waals surface area contributed by atoms with Crippen LogP contribution in [0.1, 0.15) is 6.92 Å². The van der Waals surface area contributed by atoms with Gasteiger partial charge in [-0.1, -0.05) is 0 Å². The summed E-state index contributed by atoms with van der Waals surface area (Å²) < 4.78 is 24.2. The van der Waals surface area contributed by atoms with E-state index >= 15 is 0 Å². The predicted molar refractivity (Wildman–Crippen MR) is 79.2 cm³/mol. The minimum absolute atomic E-state index is 0.147. The Bertz CT molecular complexity index is 548. The highest BCUT2D eigenvalue weighted by Crippen LogP contribution is 2.10. The third-order valence-electron chi connectivity index (χ3n) is 3.42. The van der Waals surface area contributed by atoms with Crippen molar-refractivity contribution in [1.82, 2.24) is 19.8 Å². The van der Waals surface area contributed by atoms with E-state index in [0.717, 1.165) is 6.26 Å². The maximum absolute atomic E-state index is 12.1. The molecule has 3 amide bonds. The molecule has 126 valence electrons. The normalized spacial score (nSPS) is 19.5. The molecule has 0 saturated carbocycles. The average Bonchev–Trinajstić information content (AvgIpc) is 2.66. The third kappa shape index (κ3) is 5.60. The summed E-state index contributed by atoms with van der Waals surface area (Å²) in [6, 6.07) is 0. The first kappa shape index (κ1) is 18.4. The van der Waals surface area contributed by atoms with E-state index in [0.29, 0.717) is 6.54 Å². The molecule has 0 aromatic heterocycles. The Labute approximate surface area is 130 Å². The second-order valence-electron chi connectivity index (χ2n) is 5.21. The molecule has 10 heteroatoms. The maximum atomic E-state index is 12.1. The summed E-state index contributed by atoms with van der Waals surface area (Å²) in [4.78, 5) is 38.4. The lowest BCUT2D eigenvalue weighted by Gasteiger charge is -2.23. The van der Waals surface area contributed by atoms with Gasteiger partial charge in [0.25, 0.3) is 0 Å². The van der Waals surface area contributed by atoms with E-state index in [9.17, 15) is 22.8 Å². The Morgan fingerprint density at radius 3 is 2.18 bits per heavy atom. The summed E-state index contributed by atoms with van der Waals surface area (Å²) in [5.41, 5.74) is 0. The van der Waals surface area contributed by atoms with Crippen LogP contribution in [0.25, 0.3) is 0 Å². The number of amides is 3. The summed E-state index contributed by atoms with van der Waals surface area (Å²) in [5, 5.41) is 2.51. The largest absolute Gasteiger partial charge is 0.359 e. The minimum atomic E-state index is -3.47. The highest BCUT2D eigenvalue weighted by Gasteiger charge is 2.30. The number of hydrogen-bond acceptors (Lipinski definition) is 5. The molecule has 1 heterocycles. The fourth-order valence-electron chi connectivity index (χ4n) is 2.20. The van der Waals surface area contributed by atoms with Crippen LogP contribution in [0.2, 0.25) is 0 Å². The highest BCUT2D eigenvalue weighted by molar-refractivity contribution is 7.88. The topological polar surface area (TPSA) is 116 Å². The van der Waals surface area contributed by atoms with E-state index in [2.05, 4.69) is 10.0 Å². The molecule has 22 heavy (non-hydrogen) atoms. The molecular weight excluding hydrogens is 312 g/mol. The van der Waals surface area contributed by atoms with Gasteiger partial charge in [0.15, 0.2) is 0 Å². The van der Waals surface area contributed by atoms with E-state index in [1.807, 2.05) is 0 Å². The number of carbonyl (C=O) groups excluding carboxylic acids is 3. The predicted octanol–water partition coefficient (Wildman–Crippen LogP) is -2.41. The molecule has 0 unspecified atom stereocenters. The van der Waals surface area contributed by atoms with Gasteiger partial charge in [-0.15, -0.1) is 0 Å². The van der Waals surface area contributed by atoms with Gasteiger partial charge in [-0.05, 0) is 0 Å². The van der Waals surface area contributed by atoms with Crippen LogP contribution in [0.3, 0.4) is 0 Å². The van der Waals surface area contributed by atoms with E-state index in [-0.39, 0.29) is 38.0 Å². The molecule has 1 aliphatic heterocycles. The summed E-state index contributed by atoms with van der Waals surface area (Å²) in [6.45, 7) is 2.00. The first-order chi connectivity index (χ1) is 10.1. The molecule has 0 spiro atoms. The van der Waals surface area contributed by atoms with Gasteiger partial charge < -0.3 is 15.1 Å². The molecule has 0 aromatic carbocycles. The molecule has 1 fully saturated rings. The van der Waals surface area contributed by atoms with Gasteiger partial charge in [0.05, 0.1) is 18.7 Å². The zero-order valence-electron chi connectivity index (χ0n) is 13.0. The Hall–Kier alpha value is -1.68. The summed E-state index contributed by atoms with van der Waals surface area (Å²) in [7, 11) is -1.98. The number of rotatable bonds is 4. The fraction of sp³-hybridized carbons (Fsp3) is 0.750. The first-order valence-electron chi connectivity index (χ1n) is 6.83. The van der Waals surface area contributed by atoms with Crippen LogP contribution in [0.5, 0.6) is 0 Å². The minimum Gasteiger partial charge on any atom is -0.359 e. The van der Waals surface area contributed by atoms with Crippen LogP contribution in [0, 0.1) is 5.92 Å². The van der Waals surface area contributed by atoms with Gasteiger partial charge in [-0.3, -0.25) is 14.4 Å². The summed E-state index contributed by atoms with van der Waals surface area (Å²) in [6.07, 6.45) is 0.966. The Morgan fingerprint density at radius 2 is 1.68 bits per heavy atom. The van der Waals surface area contributed by atoms with E-state index in [1.54, 1.807) is 0 Å². The number of nitrogens with one attached hydrogen (secondary N) is 2. The Kier molecular flexibility index (Phi) is 6.30. The van der Waals surface area contributed by atoms with Gasteiger partial charge in [-0.2, -0.15) is 0 Å². The highest BCUT2D eigenvalue weighted by atomic mass is 32.2. The molecule has 1 aliphatic rings. The zero-order valence-corrected chi connectivity index (χ0v) is 13.8. The molecule has 0 aliphatic carbocycles. The SMILES string of the molecule is CNC(=O)[C@H]1CN(C(C)=O)CCN(C(=O)CNS(C)(=O)=O)C1. The average molecular weight is 334 g/mol. The van der Waals surface area contributed by atoms with Crippen molar-refractivity contribution in [3.05, 3.63) is 0 Å². The van der Waals surface area contributed by atoms with Gasteiger partial charge in [-0.25, -0.2) is 13.1 Å². The van der Waals surface area contributed by atoms with Gasteiger partial charge in [0, 0.05) is 40.2 Å². The van der Waals surface area contributed by atoms with E-state index in [4.69, 9.17) is 0 Å². The molecule has 0 bridgehead atoms. The van der Waals surface area contributed by atoms with Gasteiger partial charge >= 0.3 is 0 Å². The van der Waals surface area contributed by atoms with Gasteiger partial charge in [0.2, 0.25) is 27.7 Å². The quantitative estimate of drug-likeness (QED) is 0.594. The number of hydrogen-bond donors (Lipinski definition) is 2. The van der Waals surface area contributed by atoms with Crippen molar-refractivity contribution in [1.29, 1.82) is 0 Å². The fourth-order valence-corrected chi connectivity index (χ4v) is 2.59. The standard InChI is InChI=1S/C12H22N4O5S/c1-9(17)15-4-5-16(8-10(7-15)12(19)13-2)11(18)6-14-22(3,20)21/h10,14H,4-8H2,1-3H3,(H,13,19)/t10-/m0/s1. The van der Waals surface area contributed by atoms with Crippen molar-refractivity contribution < 1.29 is 22.8 Å². The maximum Gasteiger partial charge on any atom is 0.237 e. The van der Waals surface area contributed by atoms with Crippen molar-refractivity contribution >= 4 is 27.7 Å². The lowest BCUT2D eigenvalue weighted by Crippen LogP contribution is -2.45. The second kappa shape index (κ2) is 7.54.